The third-order valence-electron chi connectivity index (χ3n) is 10.4. The van der Waals surface area contributed by atoms with E-state index in [9.17, 15) is 5.48 Å². The minimum atomic E-state index is -0.694. The van der Waals surface area contributed by atoms with E-state index in [4.69, 9.17) is 28.7 Å². The molecule has 56 heavy (non-hydrogen) atoms. The molecule has 0 aliphatic carbocycles. The second-order valence-corrected chi connectivity index (χ2v) is 13.3. The topological polar surface area (TPSA) is 48.5 Å². The van der Waals surface area contributed by atoms with Crippen molar-refractivity contribution in [2.75, 3.05) is 0 Å². The minimum absolute atomic E-state index is 0.0284. The average Bonchev–Trinajstić information content (AvgIpc) is 3.89. The van der Waals surface area contributed by atoms with Gasteiger partial charge in [0.25, 0.3) is 0 Å². The van der Waals surface area contributed by atoms with Gasteiger partial charge in [0.15, 0.2) is 11.6 Å². The van der Waals surface area contributed by atoms with Crippen molar-refractivity contribution >= 4 is 65.2 Å². The van der Waals surface area contributed by atoms with Crippen molar-refractivity contribution in [1.82, 2.24) is 24.1 Å². The maximum absolute atomic E-state index is 9.45. The molecule has 0 N–H and O–H groups in total. The van der Waals surface area contributed by atoms with E-state index < -0.39 is 83.6 Å². The van der Waals surface area contributed by atoms with Crippen LogP contribution in [0.15, 0.2) is 188 Å². The van der Waals surface area contributed by atoms with Crippen LogP contribution in [0.4, 0.5) is 0 Å². The van der Waals surface area contributed by atoms with Gasteiger partial charge in [-0.05, 0) is 69.7 Å². The van der Waals surface area contributed by atoms with Crippen LogP contribution in [0, 0.1) is 0 Å². The number of hydrogen-bond acceptors (Lipinski definition) is 3. The van der Waals surface area contributed by atoms with Crippen molar-refractivity contribution in [2.45, 2.75) is 0 Å². The van der Waals surface area contributed by atoms with Crippen LogP contribution in [0.1, 0.15) is 19.2 Å². The summed E-state index contributed by atoms with van der Waals surface area (Å²) in [6, 6.07) is 24.0. The van der Waals surface area contributed by atoms with Crippen LogP contribution >= 0.6 is 0 Å². The Hall–Kier alpha value is -7.63. The number of fused-ring (bicyclic) bond motifs is 6. The van der Waals surface area contributed by atoms with Crippen LogP contribution < -0.4 is 0 Å². The molecule has 12 aromatic rings. The summed E-state index contributed by atoms with van der Waals surface area (Å²) in [7, 11) is 0. The zero-order chi connectivity index (χ0) is 48.9. The Kier molecular flexibility index (Phi) is 4.30. The lowest BCUT2D eigenvalue weighted by molar-refractivity contribution is 0.954. The quantitative estimate of drug-likeness (QED) is 0.166. The first-order valence-corrected chi connectivity index (χ1v) is 17.8. The number of aromatic nitrogens is 5. The normalized spacial score (nSPS) is 15.4. The average molecular weight is 728 g/mol. The third-order valence-corrected chi connectivity index (χ3v) is 10.4. The highest BCUT2D eigenvalue weighted by atomic mass is 15.2. The van der Waals surface area contributed by atoms with E-state index in [1.54, 1.807) is 16.7 Å². The van der Waals surface area contributed by atoms with Crippen molar-refractivity contribution in [3.8, 4) is 45.5 Å². The lowest BCUT2D eigenvalue weighted by Gasteiger charge is -2.15. The molecule has 0 saturated carbocycles. The molecule has 0 aliphatic heterocycles. The number of benzene rings is 9. The molecule has 12 rings (SSSR count). The van der Waals surface area contributed by atoms with E-state index in [1.807, 2.05) is 95.6 Å². The zero-order valence-corrected chi connectivity index (χ0v) is 29.1. The first-order valence-electron chi connectivity index (χ1n) is 24.8. The lowest BCUT2D eigenvalue weighted by Crippen LogP contribution is -2.06. The van der Waals surface area contributed by atoms with Gasteiger partial charge in [-0.2, -0.15) is 9.97 Å². The fraction of sp³-hybridized carbons (Fsp3) is 0. The maximum Gasteiger partial charge on any atom is 0.238 e. The Bertz CT molecular complexity index is 4180. The molecular formula is C51H31N5. The van der Waals surface area contributed by atoms with E-state index >= 15 is 0 Å². The van der Waals surface area contributed by atoms with Gasteiger partial charge in [0.05, 0.1) is 41.3 Å². The summed E-state index contributed by atoms with van der Waals surface area (Å²) in [6.45, 7) is 0. The van der Waals surface area contributed by atoms with Gasteiger partial charge in [-0.25, -0.2) is 4.98 Å². The number of nitrogens with zero attached hydrogens (tertiary/aromatic N) is 5. The highest BCUT2D eigenvalue weighted by Crippen LogP contribution is 2.46. The van der Waals surface area contributed by atoms with E-state index in [0.29, 0.717) is 27.4 Å². The Balaban J connectivity index is 1.22. The summed E-state index contributed by atoms with van der Waals surface area (Å²) in [5, 5.41) is 6.30. The van der Waals surface area contributed by atoms with Crippen molar-refractivity contribution in [1.29, 1.82) is 0 Å². The molecule has 3 heterocycles. The molecular weight excluding hydrogens is 683 g/mol. The predicted octanol–water partition coefficient (Wildman–Crippen LogP) is 12.8. The summed E-state index contributed by atoms with van der Waals surface area (Å²) >= 11 is 0. The van der Waals surface area contributed by atoms with Gasteiger partial charge in [0, 0.05) is 43.7 Å². The van der Waals surface area contributed by atoms with E-state index in [-0.39, 0.29) is 40.9 Å². The monoisotopic (exact) mass is 727 g/mol. The molecule has 0 spiro atoms. The van der Waals surface area contributed by atoms with Gasteiger partial charge in [-0.15, -0.1) is 0 Å². The van der Waals surface area contributed by atoms with E-state index in [1.165, 1.54) is 0 Å². The highest BCUT2D eigenvalue weighted by molar-refractivity contribution is 6.36. The second-order valence-electron chi connectivity index (χ2n) is 13.3. The number of hydrogen-bond donors (Lipinski definition) is 0. The van der Waals surface area contributed by atoms with Gasteiger partial charge in [0.1, 0.15) is 0 Å². The fourth-order valence-corrected chi connectivity index (χ4v) is 8.13. The summed E-state index contributed by atoms with van der Waals surface area (Å²) in [5.41, 5.74) is 1.71. The molecule has 9 aromatic carbocycles. The predicted molar refractivity (Wildman–Crippen MR) is 231 cm³/mol. The van der Waals surface area contributed by atoms with Crippen molar-refractivity contribution in [2.24, 2.45) is 0 Å². The number of para-hydroxylation sites is 3. The Morgan fingerprint density at radius 3 is 1.62 bits per heavy atom. The highest BCUT2D eigenvalue weighted by Gasteiger charge is 2.24. The SMILES string of the molecule is [2H]c1c([2H])c([2H])c(-c2c([2H])c([2H])c(-c3nc(-c4ccc5c6c4c4ccccc4c4cccc(c46)n5-c4c([2H])c([2H])c([2H])c([2H])c4[2H])nc(-n4c5ccccc5c5ccccc54)n3)c([2H])c2[2H])c([2H])c1[2H]. The molecule has 0 aliphatic rings. The molecule has 0 bridgehead atoms. The van der Waals surface area contributed by atoms with Crippen LogP contribution in [0.3, 0.4) is 0 Å². The molecule has 3 aromatic heterocycles. The van der Waals surface area contributed by atoms with Gasteiger partial charge in [0.2, 0.25) is 5.95 Å². The van der Waals surface area contributed by atoms with Gasteiger partial charge < -0.3 is 4.57 Å². The van der Waals surface area contributed by atoms with Crippen molar-refractivity contribution in [3.63, 3.8) is 0 Å². The molecule has 0 unspecified atom stereocenters. The van der Waals surface area contributed by atoms with Crippen LogP contribution in [-0.2, 0) is 0 Å². The molecule has 0 fully saturated rings. The lowest BCUT2D eigenvalue weighted by atomic mass is 9.91. The smallest absolute Gasteiger partial charge is 0.238 e. The molecule has 0 saturated heterocycles. The minimum Gasteiger partial charge on any atom is -0.309 e. The molecule has 5 nitrogen and oxygen atoms in total. The summed E-state index contributed by atoms with van der Waals surface area (Å²) < 4.78 is 127. The Morgan fingerprint density at radius 2 is 0.893 bits per heavy atom. The maximum atomic E-state index is 9.45. The molecule has 5 heteroatoms. The third kappa shape index (κ3) is 4.46. The fourth-order valence-electron chi connectivity index (χ4n) is 8.13. The van der Waals surface area contributed by atoms with Crippen LogP contribution in [0.2, 0.25) is 0 Å². The van der Waals surface area contributed by atoms with Crippen LogP contribution in [-0.4, -0.2) is 24.1 Å². The second kappa shape index (κ2) is 11.9. The van der Waals surface area contributed by atoms with Gasteiger partial charge in [-0.1, -0.05) is 145 Å². The van der Waals surface area contributed by atoms with Crippen molar-refractivity contribution < 1.29 is 19.2 Å². The summed E-state index contributed by atoms with van der Waals surface area (Å²) in [4.78, 5) is 15.1. The molecule has 0 amide bonds. The Labute approximate surface area is 341 Å². The summed E-state index contributed by atoms with van der Waals surface area (Å²) in [5.74, 6) is -0.101. The van der Waals surface area contributed by atoms with Gasteiger partial charge in [-0.3, -0.25) is 4.57 Å². The molecule has 0 atom stereocenters. The molecule has 260 valence electrons. The summed E-state index contributed by atoms with van der Waals surface area (Å²) in [6.07, 6.45) is 0. The Morgan fingerprint density at radius 1 is 0.357 bits per heavy atom. The zero-order valence-electron chi connectivity index (χ0n) is 43.1. The van der Waals surface area contributed by atoms with E-state index in [0.717, 1.165) is 43.4 Å². The number of rotatable bonds is 5. The van der Waals surface area contributed by atoms with Crippen LogP contribution in [0.5, 0.6) is 0 Å². The standard InChI is InChI=1S/C51H31N5/c1-3-14-32(15-4-1)33-26-28-34(29-27-33)49-52-50(54-51(53-49)56-42-23-11-9-19-37(42)38-20-10-12-24-43(38)56)41-30-31-45-48-46(41)39-21-8-7-18-36(39)40-22-13-25-44(47(40)48)55(45)35-16-5-2-6-17-35/h1-31H/i1D,2D,3D,4D,5D,6D,14D,15D,16D,17D,26D,27D,28D,29D. The van der Waals surface area contributed by atoms with E-state index in [2.05, 4.69) is 0 Å². The van der Waals surface area contributed by atoms with Crippen molar-refractivity contribution in [3.05, 3.63) is 188 Å². The first-order chi connectivity index (χ1) is 33.6. The first kappa shape index (κ1) is 20.2. The van der Waals surface area contributed by atoms with Crippen LogP contribution in [0.25, 0.3) is 111 Å². The van der Waals surface area contributed by atoms with Gasteiger partial charge >= 0.3 is 0 Å². The molecule has 0 radical (unpaired) electrons. The largest absolute Gasteiger partial charge is 0.309 e.